The van der Waals surface area contributed by atoms with Crippen molar-refractivity contribution in [3.05, 3.63) is 53.2 Å². The van der Waals surface area contributed by atoms with E-state index in [1.54, 1.807) is 34.9 Å². The number of aromatic nitrogens is 3. The third kappa shape index (κ3) is 2.04. The first-order valence-corrected chi connectivity index (χ1v) is 5.87. The van der Waals surface area contributed by atoms with E-state index in [0.29, 0.717) is 16.5 Å². The largest absolute Gasteiger partial charge is 0.478 e. The molecule has 94 valence electrons. The number of hydrogen-bond donors (Lipinski definition) is 1. The summed E-state index contributed by atoms with van der Waals surface area (Å²) in [5.74, 6) is -0.338. The fourth-order valence-electron chi connectivity index (χ4n) is 1.82. The summed E-state index contributed by atoms with van der Waals surface area (Å²) in [7, 11) is 0. The van der Waals surface area contributed by atoms with Crippen molar-refractivity contribution in [3.8, 4) is 11.4 Å². The maximum absolute atomic E-state index is 10.8. The third-order valence-corrected chi connectivity index (χ3v) is 2.98. The first-order chi connectivity index (χ1) is 9.15. The molecule has 0 fully saturated rings. The normalized spacial score (nSPS) is 10.8. The zero-order chi connectivity index (χ0) is 13.4. The smallest absolute Gasteiger partial charge is 0.335 e. The van der Waals surface area contributed by atoms with Gasteiger partial charge in [0.15, 0.2) is 11.5 Å². The lowest BCUT2D eigenvalue weighted by molar-refractivity contribution is 0.0697. The van der Waals surface area contributed by atoms with Crippen LogP contribution in [0.3, 0.4) is 0 Å². The maximum Gasteiger partial charge on any atom is 0.335 e. The summed E-state index contributed by atoms with van der Waals surface area (Å²) >= 11 is 5.95. The molecular weight excluding hydrogens is 266 g/mol. The van der Waals surface area contributed by atoms with Crippen LogP contribution in [-0.2, 0) is 0 Å². The highest BCUT2D eigenvalue weighted by Crippen LogP contribution is 2.20. The molecule has 0 saturated heterocycles. The van der Waals surface area contributed by atoms with E-state index < -0.39 is 5.97 Å². The SMILES string of the molecule is O=C(O)c1ccc(-c2nnc3ccc(Cl)cn23)cc1. The van der Waals surface area contributed by atoms with Gasteiger partial charge in [0.1, 0.15) is 0 Å². The molecule has 2 aromatic heterocycles. The Morgan fingerprint density at radius 2 is 1.84 bits per heavy atom. The van der Waals surface area contributed by atoms with Gasteiger partial charge < -0.3 is 5.11 Å². The van der Waals surface area contributed by atoms with Crippen LogP contribution in [0.25, 0.3) is 17.0 Å². The molecule has 5 nitrogen and oxygen atoms in total. The molecule has 0 aliphatic heterocycles. The van der Waals surface area contributed by atoms with Gasteiger partial charge in [0, 0.05) is 11.8 Å². The Morgan fingerprint density at radius 1 is 1.11 bits per heavy atom. The zero-order valence-corrected chi connectivity index (χ0v) is 10.4. The van der Waals surface area contributed by atoms with Gasteiger partial charge in [0.2, 0.25) is 0 Å². The summed E-state index contributed by atoms with van der Waals surface area (Å²) in [5, 5.41) is 17.6. The quantitative estimate of drug-likeness (QED) is 0.779. The molecule has 1 N–H and O–H groups in total. The van der Waals surface area contributed by atoms with Crippen LogP contribution in [0.15, 0.2) is 42.6 Å². The Hall–Kier alpha value is -2.40. The van der Waals surface area contributed by atoms with Crippen LogP contribution in [0, 0.1) is 0 Å². The highest BCUT2D eigenvalue weighted by molar-refractivity contribution is 6.30. The predicted molar refractivity (Wildman–Crippen MR) is 70.4 cm³/mol. The van der Waals surface area contributed by atoms with Crippen LogP contribution in [0.4, 0.5) is 0 Å². The van der Waals surface area contributed by atoms with Crippen LogP contribution in [-0.4, -0.2) is 25.7 Å². The van der Waals surface area contributed by atoms with Crippen molar-refractivity contribution in [1.29, 1.82) is 0 Å². The number of carbonyl (C=O) groups is 1. The number of rotatable bonds is 2. The molecule has 0 bridgehead atoms. The topological polar surface area (TPSA) is 67.5 Å². The molecule has 3 aromatic rings. The second-order valence-electron chi connectivity index (χ2n) is 3.98. The summed E-state index contributed by atoms with van der Waals surface area (Å²) in [4.78, 5) is 10.8. The number of nitrogens with zero attached hydrogens (tertiary/aromatic N) is 3. The third-order valence-electron chi connectivity index (χ3n) is 2.76. The van der Waals surface area contributed by atoms with Gasteiger partial charge in [-0.1, -0.05) is 23.7 Å². The Morgan fingerprint density at radius 3 is 2.53 bits per heavy atom. The molecular formula is C13H8ClN3O2. The maximum atomic E-state index is 10.8. The highest BCUT2D eigenvalue weighted by atomic mass is 35.5. The number of aromatic carboxylic acids is 1. The molecule has 0 atom stereocenters. The lowest BCUT2D eigenvalue weighted by atomic mass is 10.1. The van der Waals surface area contributed by atoms with E-state index in [2.05, 4.69) is 10.2 Å². The van der Waals surface area contributed by atoms with Crippen LogP contribution < -0.4 is 0 Å². The average Bonchev–Trinajstić information content (AvgIpc) is 2.81. The standard InChI is InChI=1S/C13H8ClN3O2/c14-10-5-6-11-15-16-12(17(11)7-10)8-1-3-9(4-2-8)13(18)19/h1-7H,(H,18,19). The summed E-state index contributed by atoms with van der Waals surface area (Å²) in [5.41, 5.74) is 1.69. The Kier molecular flexibility index (Phi) is 2.68. The fourth-order valence-corrected chi connectivity index (χ4v) is 1.98. The molecule has 0 aliphatic carbocycles. The second kappa shape index (κ2) is 4.37. The van der Waals surface area contributed by atoms with Gasteiger partial charge in [-0.05, 0) is 24.3 Å². The van der Waals surface area contributed by atoms with Gasteiger partial charge >= 0.3 is 5.97 Å². The van der Waals surface area contributed by atoms with Crippen LogP contribution in [0.5, 0.6) is 0 Å². The van der Waals surface area contributed by atoms with Crippen molar-refractivity contribution in [2.24, 2.45) is 0 Å². The van der Waals surface area contributed by atoms with Crippen molar-refractivity contribution >= 4 is 23.2 Å². The number of hydrogen-bond acceptors (Lipinski definition) is 3. The number of halogens is 1. The van der Waals surface area contributed by atoms with E-state index in [9.17, 15) is 4.79 Å². The van der Waals surface area contributed by atoms with Crippen molar-refractivity contribution in [2.75, 3.05) is 0 Å². The first-order valence-electron chi connectivity index (χ1n) is 5.49. The summed E-state index contributed by atoms with van der Waals surface area (Å²) in [6.45, 7) is 0. The Labute approximate surface area is 113 Å². The predicted octanol–water partition coefficient (Wildman–Crippen LogP) is 2.75. The van der Waals surface area contributed by atoms with Crippen molar-refractivity contribution in [3.63, 3.8) is 0 Å². The number of benzene rings is 1. The van der Waals surface area contributed by atoms with Gasteiger partial charge in [-0.2, -0.15) is 0 Å². The highest BCUT2D eigenvalue weighted by Gasteiger charge is 2.09. The lowest BCUT2D eigenvalue weighted by Crippen LogP contribution is -1.96. The van der Waals surface area contributed by atoms with Gasteiger partial charge in [0.05, 0.1) is 10.6 Å². The van der Waals surface area contributed by atoms with E-state index in [1.807, 2.05) is 0 Å². The Balaban J connectivity index is 2.13. The van der Waals surface area contributed by atoms with Gasteiger partial charge in [-0.25, -0.2) is 4.79 Å². The van der Waals surface area contributed by atoms with E-state index in [0.717, 1.165) is 5.56 Å². The van der Waals surface area contributed by atoms with Crippen molar-refractivity contribution < 1.29 is 9.90 Å². The summed E-state index contributed by atoms with van der Waals surface area (Å²) < 4.78 is 1.76. The van der Waals surface area contributed by atoms with E-state index >= 15 is 0 Å². The monoisotopic (exact) mass is 273 g/mol. The molecule has 0 unspecified atom stereocenters. The number of pyridine rings is 1. The first kappa shape index (κ1) is 11.7. The molecule has 2 heterocycles. The van der Waals surface area contributed by atoms with Crippen LogP contribution in [0.1, 0.15) is 10.4 Å². The molecule has 19 heavy (non-hydrogen) atoms. The fraction of sp³-hybridized carbons (Fsp3) is 0. The van der Waals surface area contributed by atoms with Gasteiger partial charge in [-0.3, -0.25) is 4.40 Å². The zero-order valence-electron chi connectivity index (χ0n) is 9.62. The number of carboxylic acids is 1. The lowest BCUT2D eigenvalue weighted by Gasteiger charge is -2.01. The van der Waals surface area contributed by atoms with Gasteiger partial charge in [0.25, 0.3) is 0 Å². The second-order valence-corrected chi connectivity index (χ2v) is 4.42. The molecule has 0 amide bonds. The van der Waals surface area contributed by atoms with E-state index in [-0.39, 0.29) is 5.56 Å². The molecule has 1 aromatic carbocycles. The van der Waals surface area contributed by atoms with E-state index in [4.69, 9.17) is 16.7 Å². The molecule has 6 heteroatoms. The van der Waals surface area contributed by atoms with Crippen LogP contribution in [0.2, 0.25) is 5.02 Å². The summed E-state index contributed by atoms with van der Waals surface area (Å²) in [6, 6.07) is 9.96. The average molecular weight is 274 g/mol. The minimum atomic E-state index is -0.958. The molecule has 0 radical (unpaired) electrons. The number of carboxylic acid groups (broad SMARTS) is 1. The van der Waals surface area contributed by atoms with Crippen molar-refractivity contribution in [2.45, 2.75) is 0 Å². The molecule has 0 aliphatic rings. The summed E-state index contributed by atoms with van der Waals surface area (Å²) in [6.07, 6.45) is 1.72. The minimum absolute atomic E-state index is 0.232. The van der Waals surface area contributed by atoms with Gasteiger partial charge in [-0.15, -0.1) is 10.2 Å². The number of fused-ring (bicyclic) bond motifs is 1. The minimum Gasteiger partial charge on any atom is -0.478 e. The van der Waals surface area contributed by atoms with Crippen molar-refractivity contribution in [1.82, 2.24) is 14.6 Å². The molecule has 3 rings (SSSR count). The van der Waals surface area contributed by atoms with E-state index in [1.165, 1.54) is 12.1 Å². The Bertz CT molecular complexity index is 765. The molecule has 0 spiro atoms. The van der Waals surface area contributed by atoms with Crippen LogP contribution >= 0.6 is 11.6 Å². The molecule has 0 saturated carbocycles.